The van der Waals surface area contributed by atoms with Crippen molar-refractivity contribution in [3.63, 3.8) is 0 Å². The van der Waals surface area contributed by atoms with Crippen LogP contribution in [0, 0.1) is 16.7 Å². The topological polar surface area (TPSA) is 46.2 Å². The molecule has 0 bridgehead atoms. The smallest absolute Gasteiger partial charge is 0.0716 e. The second-order valence-electron chi connectivity index (χ2n) is 8.22. The predicted molar refractivity (Wildman–Crippen MR) is 80.9 cm³/mol. The zero-order valence-electron chi connectivity index (χ0n) is 13.2. The molecule has 0 heterocycles. The van der Waals surface area contributed by atoms with Crippen molar-refractivity contribution >= 4 is 0 Å². The molecule has 2 fully saturated rings. The zero-order valence-corrected chi connectivity index (χ0v) is 13.2. The maximum atomic E-state index is 11.4. The Balaban J connectivity index is 2.16. The molecular weight excluding hydrogens is 234 g/mol. The van der Waals surface area contributed by atoms with Gasteiger partial charge in [-0.2, -0.15) is 0 Å². The number of hydrogen-bond donors (Lipinski definition) is 2. The Bertz CT molecular complexity index is 304. The van der Waals surface area contributed by atoms with Gasteiger partial charge in [-0.1, -0.05) is 40.0 Å². The molecule has 2 aliphatic carbocycles. The van der Waals surface area contributed by atoms with E-state index in [4.69, 9.17) is 5.73 Å². The number of hydrogen-bond acceptors (Lipinski definition) is 2. The van der Waals surface area contributed by atoms with Crippen molar-refractivity contribution in [3.8, 4) is 0 Å². The van der Waals surface area contributed by atoms with Crippen LogP contribution in [0.4, 0.5) is 0 Å². The van der Waals surface area contributed by atoms with Crippen molar-refractivity contribution in [1.29, 1.82) is 0 Å². The van der Waals surface area contributed by atoms with Crippen molar-refractivity contribution < 1.29 is 5.11 Å². The predicted octanol–water partition coefficient (Wildman–Crippen LogP) is 3.86. The first-order valence-corrected chi connectivity index (χ1v) is 8.25. The molecule has 2 rings (SSSR count). The molecule has 0 aromatic rings. The van der Waals surface area contributed by atoms with Crippen molar-refractivity contribution in [3.05, 3.63) is 0 Å². The summed E-state index contributed by atoms with van der Waals surface area (Å²) in [4.78, 5) is 0. The molecule has 2 heteroatoms. The molecule has 1 unspecified atom stereocenters. The van der Waals surface area contributed by atoms with Crippen LogP contribution in [0.25, 0.3) is 0 Å². The molecule has 1 atom stereocenters. The van der Waals surface area contributed by atoms with Gasteiger partial charge in [-0.3, -0.25) is 0 Å². The fourth-order valence-electron chi connectivity index (χ4n) is 4.36. The largest absolute Gasteiger partial charge is 0.389 e. The average molecular weight is 267 g/mol. The molecule has 0 aliphatic heterocycles. The van der Waals surface area contributed by atoms with E-state index in [1.807, 2.05) is 0 Å². The Morgan fingerprint density at radius 1 is 1.00 bits per heavy atom. The Labute approximate surface area is 119 Å². The molecule has 0 spiro atoms. The lowest BCUT2D eigenvalue weighted by Gasteiger charge is -2.50. The lowest BCUT2D eigenvalue weighted by Crippen LogP contribution is -2.54. The Morgan fingerprint density at radius 3 is 2.21 bits per heavy atom. The van der Waals surface area contributed by atoms with Crippen molar-refractivity contribution in [1.82, 2.24) is 0 Å². The minimum Gasteiger partial charge on any atom is -0.389 e. The lowest BCUT2D eigenvalue weighted by molar-refractivity contribution is -0.115. The summed E-state index contributed by atoms with van der Waals surface area (Å²) < 4.78 is 0. The Hall–Kier alpha value is -0.0800. The molecule has 2 aliphatic rings. The van der Waals surface area contributed by atoms with E-state index in [2.05, 4.69) is 20.8 Å². The summed E-state index contributed by atoms with van der Waals surface area (Å²) >= 11 is 0. The van der Waals surface area contributed by atoms with Crippen LogP contribution >= 0.6 is 0 Å². The quantitative estimate of drug-likeness (QED) is 0.746. The van der Waals surface area contributed by atoms with Crippen LogP contribution in [0.5, 0.6) is 0 Å². The van der Waals surface area contributed by atoms with Crippen LogP contribution < -0.4 is 5.73 Å². The van der Waals surface area contributed by atoms with Gasteiger partial charge in [0.15, 0.2) is 0 Å². The highest BCUT2D eigenvalue weighted by molar-refractivity contribution is 5.03. The molecule has 0 aromatic carbocycles. The van der Waals surface area contributed by atoms with Gasteiger partial charge in [0.25, 0.3) is 0 Å². The zero-order chi connectivity index (χ0) is 14.1. The SMILES string of the molecule is CC1CCC(CN)(C2(O)CCCC(C)(C)CC2)CC1. The number of aliphatic hydroxyl groups is 1. The van der Waals surface area contributed by atoms with Gasteiger partial charge >= 0.3 is 0 Å². The highest BCUT2D eigenvalue weighted by atomic mass is 16.3. The molecule has 2 nitrogen and oxygen atoms in total. The summed E-state index contributed by atoms with van der Waals surface area (Å²) in [6.45, 7) is 7.69. The lowest BCUT2D eigenvalue weighted by atomic mass is 9.59. The molecule has 0 radical (unpaired) electrons. The van der Waals surface area contributed by atoms with Crippen LogP contribution in [0.1, 0.15) is 78.6 Å². The van der Waals surface area contributed by atoms with Gasteiger partial charge in [0.05, 0.1) is 5.60 Å². The van der Waals surface area contributed by atoms with Gasteiger partial charge in [0, 0.05) is 12.0 Å². The second kappa shape index (κ2) is 5.37. The second-order valence-corrected chi connectivity index (χ2v) is 8.22. The van der Waals surface area contributed by atoms with E-state index >= 15 is 0 Å². The van der Waals surface area contributed by atoms with Gasteiger partial charge in [-0.25, -0.2) is 0 Å². The highest BCUT2D eigenvalue weighted by Gasteiger charge is 2.51. The average Bonchev–Trinajstić information content (AvgIpc) is 2.51. The van der Waals surface area contributed by atoms with Crippen LogP contribution in [0.2, 0.25) is 0 Å². The maximum absolute atomic E-state index is 11.4. The standard InChI is InChI=1S/C17H33NO/c1-14-5-9-16(13-18,10-6-14)17(19)8-4-7-15(2,3)11-12-17/h14,19H,4-13,18H2,1-3H3. The van der Waals surface area contributed by atoms with Gasteiger partial charge < -0.3 is 10.8 Å². The summed E-state index contributed by atoms with van der Waals surface area (Å²) in [6, 6.07) is 0. The van der Waals surface area contributed by atoms with Crippen LogP contribution in [0.15, 0.2) is 0 Å². The third-order valence-electron chi connectivity index (χ3n) is 6.27. The molecular formula is C17H33NO. The van der Waals surface area contributed by atoms with Gasteiger partial charge in [0.1, 0.15) is 0 Å². The van der Waals surface area contributed by atoms with Gasteiger partial charge in [-0.05, 0) is 49.9 Å². The summed E-state index contributed by atoms with van der Waals surface area (Å²) in [7, 11) is 0. The van der Waals surface area contributed by atoms with Crippen molar-refractivity contribution in [2.24, 2.45) is 22.5 Å². The van der Waals surface area contributed by atoms with E-state index < -0.39 is 5.60 Å². The first kappa shape index (κ1) is 15.3. The Kier molecular flexibility index (Phi) is 4.32. The summed E-state index contributed by atoms with van der Waals surface area (Å²) in [6.07, 6.45) is 10.2. The fourth-order valence-corrected chi connectivity index (χ4v) is 4.36. The fraction of sp³-hybridized carbons (Fsp3) is 1.00. The molecule has 19 heavy (non-hydrogen) atoms. The van der Waals surface area contributed by atoms with Gasteiger partial charge in [-0.15, -0.1) is 0 Å². The number of rotatable bonds is 2. The molecule has 3 N–H and O–H groups in total. The minimum atomic E-state index is -0.504. The molecule has 2 saturated carbocycles. The van der Waals surface area contributed by atoms with Gasteiger partial charge in [0.2, 0.25) is 0 Å². The first-order valence-electron chi connectivity index (χ1n) is 8.25. The van der Waals surface area contributed by atoms with E-state index in [1.54, 1.807) is 0 Å². The summed E-state index contributed by atoms with van der Waals surface area (Å²) in [5, 5.41) is 11.4. The first-order chi connectivity index (χ1) is 8.83. The molecule has 0 saturated heterocycles. The molecule has 0 aromatic heterocycles. The Morgan fingerprint density at radius 2 is 1.63 bits per heavy atom. The third-order valence-corrected chi connectivity index (χ3v) is 6.27. The van der Waals surface area contributed by atoms with E-state index in [0.29, 0.717) is 12.0 Å². The maximum Gasteiger partial charge on any atom is 0.0716 e. The van der Waals surface area contributed by atoms with Crippen molar-refractivity contribution in [2.45, 2.75) is 84.2 Å². The van der Waals surface area contributed by atoms with Crippen LogP contribution in [-0.2, 0) is 0 Å². The monoisotopic (exact) mass is 267 g/mol. The van der Waals surface area contributed by atoms with E-state index in [9.17, 15) is 5.11 Å². The summed E-state index contributed by atoms with van der Waals surface area (Å²) in [5.74, 6) is 0.811. The molecule has 112 valence electrons. The summed E-state index contributed by atoms with van der Waals surface area (Å²) in [5.41, 5.74) is 6.05. The molecule has 0 amide bonds. The van der Waals surface area contributed by atoms with Crippen LogP contribution in [0.3, 0.4) is 0 Å². The van der Waals surface area contributed by atoms with E-state index in [-0.39, 0.29) is 5.41 Å². The normalized spacial score (nSPS) is 43.7. The highest BCUT2D eigenvalue weighted by Crippen LogP contribution is 2.52. The van der Waals surface area contributed by atoms with E-state index in [0.717, 1.165) is 44.4 Å². The number of nitrogens with two attached hydrogens (primary N) is 1. The minimum absolute atomic E-state index is 0.0000694. The van der Waals surface area contributed by atoms with Crippen molar-refractivity contribution in [2.75, 3.05) is 6.54 Å². The third kappa shape index (κ3) is 3.00. The van der Waals surface area contributed by atoms with E-state index in [1.165, 1.54) is 19.3 Å². The van der Waals surface area contributed by atoms with Crippen LogP contribution in [-0.4, -0.2) is 17.3 Å².